The highest BCUT2D eigenvalue weighted by atomic mass is 19.1. The molecule has 3 aromatic carbocycles. The smallest absolute Gasteiger partial charge is 0.129 e. The Kier molecular flexibility index (Phi) is 3.48. The summed E-state index contributed by atoms with van der Waals surface area (Å²) in [4.78, 5) is 0. The number of aliphatic hydroxyl groups is 1. The van der Waals surface area contributed by atoms with E-state index in [0.717, 1.165) is 10.8 Å². The zero-order valence-corrected chi connectivity index (χ0v) is 11.9. The maximum Gasteiger partial charge on any atom is 0.129 e. The summed E-state index contributed by atoms with van der Waals surface area (Å²) in [5.41, 5.74) is -0.272. The van der Waals surface area contributed by atoms with Gasteiger partial charge in [-0.05, 0) is 34.9 Å². The number of fused-ring (bicyclic) bond motifs is 1. The van der Waals surface area contributed by atoms with Crippen LogP contribution >= 0.6 is 0 Å². The molecule has 0 saturated carbocycles. The topological polar surface area (TPSA) is 20.2 Å². The van der Waals surface area contributed by atoms with E-state index in [1.165, 1.54) is 6.07 Å². The minimum absolute atomic E-state index is 0.322. The van der Waals surface area contributed by atoms with E-state index < -0.39 is 5.60 Å². The van der Waals surface area contributed by atoms with Crippen LogP contribution in [0.3, 0.4) is 0 Å². The Morgan fingerprint density at radius 3 is 2.29 bits per heavy atom. The van der Waals surface area contributed by atoms with Crippen molar-refractivity contribution >= 4 is 10.8 Å². The molecule has 0 saturated heterocycles. The largest absolute Gasteiger partial charge is 0.380 e. The molecule has 0 heterocycles. The van der Waals surface area contributed by atoms with Crippen molar-refractivity contribution in [1.29, 1.82) is 0 Å². The van der Waals surface area contributed by atoms with Crippen molar-refractivity contribution in [3.05, 3.63) is 83.7 Å². The van der Waals surface area contributed by atoms with Crippen molar-refractivity contribution in [2.75, 3.05) is 0 Å². The second kappa shape index (κ2) is 5.30. The van der Waals surface area contributed by atoms with Gasteiger partial charge in [0.2, 0.25) is 0 Å². The molecule has 3 rings (SSSR count). The van der Waals surface area contributed by atoms with Gasteiger partial charge in [-0.1, -0.05) is 61.5 Å². The van der Waals surface area contributed by atoms with E-state index in [-0.39, 0.29) is 5.82 Å². The Hall–Kier alpha value is -2.19. The second-order valence-corrected chi connectivity index (χ2v) is 5.26. The van der Waals surface area contributed by atoms with Crippen LogP contribution in [0, 0.1) is 5.82 Å². The monoisotopic (exact) mass is 280 g/mol. The predicted octanol–water partition coefficient (Wildman–Crippen LogP) is 4.62. The molecule has 1 N–H and O–H groups in total. The van der Waals surface area contributed by atoms with Crippen LogP contribution in [0.2, 0.25) is 0 Å². The van der Waals surface area contributed by atoms with E-state index in [4.69, 9.17) is 0 Å². The summed E-state index contributed by atoms with van der Waals surface area (Å²) in [6, 6.07) is 20.1. The number of hydrogen-bond donors (Lipinski definition) is 1. The van der Waals surface area contributed by atoms with Crippen molar-refractivity contribution in [2.45, 2.75) is 18.9 Å². The van der Waals surface area contributed by atoms with E-state index in [2.05, 4.69) is 0 Å². The van der Waals surface area contributed by atoms with Gasteiger partial charge < -0.3 is 5.11 Å². The Labute approximate surface area is 123 Å². The molecule has 0 spiro atoms. The first-order valence-corrected chi connectivity index (χ1v) is 7.12. The SMILES string of the molecule is CCC(O)(c1ccc2ccccc2c1)c1ccccc1F. The maximum atomic E-state index is 14.1. The van der Waals surface area contributed by atoms with Crippen LogP contribution in [0.5, 0.6) is 0 Å². The Bertz CT molecular complexity index is 781. The molecular formula is C19H17FO. The lowest BCUT2D eigenvalue weighted by molar-refractivity contribution is 0.0727. The molecule has 1 atom stereocenters. The average Bonchev–Trinajstić information content (AvgIpc) is 2.54. The Morgan fingerprint density at radius 2 is 1.57 bits per heavy atom. The van der Waals surface area contributed by atoms with Crippen molar-refractivity contribution in [3.63, 3.8) is 0 Å². The number of benzene rings is 3. The highest BCUT2D eigenvalue weighted by Crippen LogP contribution is 2.35. The van der Waals surface area contributed by atoms with E-state index >= 15 is 0 Å². The molecule has 0 aliphatic rings. The average molecular weight is 280 g/mol. The van der Waals surface area contributed by atoms with Crippen molar-refractivity contribution in [1.82, 2.24) is 0 Å². The van der Waals surface area contributed by atoms with Crippen molar-refractivity contribution in [2.24, 2.45) is 0 Å². The van der Waals surface area contributed by atoms with Crippen LogP contribution in [-0.2, 0) is 5.60 Å². The molecule has 1 unspecified atom stereocenters. The van der Waals surface area contributed by atoms with E-state index in [1.54, 1.807) is 18.2 Å². The molecule has 0 amide bonds. The highest BCUT2D eigenvalue weighted by Gasteiger charge is 2.32. The molecule has 2 heteroatoms. The number of halogens is 1. The summed E-state index contributed by atoms with van der Waals surface area (Å²) in [6.07, 6.45) is 0.409. The summed E-state index contributed by atoms with van der Waals surface area (Å²) in [5, 5.41) is 13.2. The molecule has 106 valence electrons. The normalized spacial score (nSPS) is 14.0. The fourth-order valence-corrected chi connectivity index (χ4v) is 2.79. The van der Waals surface area contributed by atoms with Gasteiger partial charge in [0.05, 0.1) is 0 Å². The van der Waals surface area contributed by atoms with Gasteiger partial charge >= 0.3 is 0 Å². The zero-order valence-electron chi connectivity index (χ0n) is 11.9. The molecule has 0 aliphatic heterocycles. The third-order valence-corrected chi connectivity index (χ3v) is 4.06. The molecule has 0 bridgehead atoms. The third kappa shape index (κ3) is 2.32. The van der Waals surface area contributed by atoms with Crippen molar-refractivity contribution < 1.29 is 9.50 Å². The quantitative estimate of drug-likeness (QED) is 0.742. The van der Waals surface area contributed by atoms with Gasteiger partial charge in [0.25, 0.3) is 0 Å². The summed E-state index contributed by atoms with van der Waals surface area (Å²) >= 11 is 0. The first-order chi connectivity index (χ1) is 10.1. The summed E-state index contributed by atoms with van der Waals surface area (Å²) in [7, 11) is 0. The van der Waals surface area contributed by atoms with Gasteiger partial charge in [-0.3, -0.25) is 0 Å². The molecule has 0 aromatic heterocycles. The van der Waals surface area contributed by atoms with Gasteiger partial charge in [0, 0.05) is 5.56 Å². The molecular weight excluding hydrogens is 263 g/mol. The van der Waals surface area contributed by atoms with E-state index in [1.807, 2.05) is 49.4 Å². The number of hydrogen-bond acceptors (Lipinski definition) is 1. The van der Waals surface area contributed by atoms with E-state index in [9.17, 15) is 9.50 Å². The lowest BCUT2D eigenvalue weighted by atomic mass is 9.83. The van der Waals surface area contributed by atoms with Crippen LogP contribution in [0.15, 0.2) is 66.7 Å². The molecule has 0 fully saturated rings. The highest BCUT2D eigenvalue weighted by molar-refractivity contribution is 5.83. The van der Waals surface area contributed by atoms with Crippen LogP contribution in [0.4, 0.5) is 4.39 Å². The van der Waals surface area contributed by atoms with Gasteiger partial charge in [0.1, 0.15) is 11.4 Å². The predicted molar refractivity (Wildman–Crippen MR) is 83.6 cm³/mol. The summed E-state index contributed by atoms with van der Waals surface area (Å²) in [6.45, 7) is 1.86. The summed E-state index contributed by atoms with van der Waals surface area (Å²) in [5.74, 6) is -0.380. The van der Waals surface area contributed by atoms with Crippen LogP contribution in [0.25, 0.3) is 10.8 Å². The number of rotatable bonds is 3. The fourth-order valence-electron chi connectivity index (χ4n) is 2.79. The van der Waals surface area contributed by atoms with Gasteiger partial charge in [-0.25, -0.2) is 4.39 Å². The molecule has 0 radical (unpaired) electrons. The zero-order chi connectivity index (χ0) is 14.9. The first kappa shape index (κ1) is 13.8. The van der Waals surface area contributed by atoms with Gasteiger partial charge in [0.15, 0.2) is 0 Å². The minimum Gasteiger partial charge on any atom is -0.380 e. The van der Waals surface area contributed by atoms with Crippen LogP contribution < -0.4 is 0 Å². The Balaban J connectivity index is 2.19. The van der Waals surface area contributed by atoms with Crippen LogP contribution in [0.1, 0.15) is 24.5 Å². The van der Waals surface area contributed by atoms with E-state index in [0.29, 0.717) is 17.5 Å². The molecule has 3 aromatic rings. The Morgan fingerprint density at radius 1 is 0.905 bits per heavy atom. The molecule has 21 heavy (non-hydrogen) atoms. The van der Waals surface area contributed by atoms with Gasteiger partial charge in [-0.15, -0.1) is 0 Å². The lowest BCUT2D eigenvalue weighted by Gasteiger charge is -2.28. The second-order valence-electron chi connectivity index (χ2n) is 5.26. The fraction of sp³-hybridized carbons (Fsp3) is 0.158. The molecule has 0 aliphatic carbocycles. The molecule has 1 nitrogen and oxygen atoms in total. The van der Waals surface area contributed by atoms with Crippen LogP contribution in [-0.4, -0.2) is 5.11 Å². The van der Waals surface area contributed by atoms with Gasteiger partial charge in [-0.2, -0.15) is 0 Å². The lowest BCUT2D eigenvalue weighted by Crippen LogP contribution is -2.27. The summed E-state index contributed by atoms with van der Waals surface area (Å²) < 4.78 is 14.1. The third-order valence-electron chi connectivity index (χ3n) is 4.06. The van der Waals surface area contributed by atoms with Crippen molar-refractivity contribution in [3.8, 4) is 0 Å². The first-order valence-electron chi connectivity index (χ1n) is 7.12. The standard InChI is InChI=1S/C19H17FO/c1-2-19(21,17-9-5-6-10-18(17)20)16-12-11-14-7-3-4-8-15(14)13-16/h3-13,21H,2H2,1H3. The maximum absolute atomic E-state index is 14.1. The minimum atomic E-state index is -1.31.